The predicted molar refractivity (Wildman–Crippen MR) is 253 cm³/mol. The van der Waals surface area contributed by atoms with Crippen LogP contribution in [0.2, 0.25) is 0 Å². The molecule has 8 rings (SSSR count). The van der Waals surface area contributed by atoms with Gasteiger partial charge in [0.05, 0.1) is 12.0 Å². The average Bonchev–Trinajstić information content (AvgIpc) is 3.35. The van der Waals surface area contributed by atoms with Crippen LogP contribution >= 0.6 is 17.2 Å². The third kappa shape index (κ3) is 9.27. The molecule has 0 aromatic heterocycles. The van der Waals surface area contributed by atoms with Crippen LogP contribution in [-0.4, -0.2) is 36.4 Å². The van der Waals surface area contributed by atoms with Crippen LogP contribution in [0.15, 0.2) is 243 Å². The molecule has 0 aliphatic rings. The molecule has 0 aliphatic carbocycles. The van der Waals surface area contributed by atoms with E-state index in [0.717, 1.165) is 38.9 Å². The molecule has 0 saturated carbocycles. The summed E-state index contributed by atoms with van der Waals surface area (Å²) >= 11 is 0. The molecule has 0 amide bonds. The van der Waals surface area contributed by atoms with Crippen LogP contribution in [0.25, 0.3) is 0 Å². The molecule has 6 N–H and O–H groups in total. The van der Waals surface area contributed by atoms with E-state index in [1.54, 1.807) is 0 Å². The first-order valence-electron chi connectivity index (χ1n) is 20.7. The van der Waals surface area contributed by atoms with Gasteiger partial charge in [-0.15, -0.1) is 0 Å². The van der Waals surface area contributed by atoms with E-state index in [1.807, 2.05) is 194 Å². The lowest BCUT2D eigenvalue weighted by Gasteiger charge is -2.60. The van der Waals surface area contributed by atoms with Crippen molar-refractivity contribution >= 4 is 17.2 Å². The Balaban J connectivity index is 0.000000809. The van der Waals surface area contributed by atoms with Crippen molar-refractivity contribution in [3.63, 3.8) is 0 Å². The summed E-state index contributed by atoms with van der Waals surface area (Å²) in [6.07, 6.45) is 0.315. The number of benzene rings is 8. The third-order valence-corrected chi connectivity index (χ3v) is 12.8. The van der Waals surface area contributed by atoms with E-state index >= 15 is 5.11 Å². The van der Waals surface area contributed by atoms with Crippen molar-refractivity contribution in [2.45, 2.75) is 28.6 Å². The fourth-order valence-electron chi connectivity index (χ4n) is 9.08. The fraction of sp³-hybridized carbons (Fsp3) is 0.111. The predicted octanol–water partition coefficient (Wildman–Crippen LogP) is 10.4. The molecule has 8 aromatic rings. The second-order valence-electron chi connectivity index (χ2n) is 15.2. The molecule has 0 saturated heterocycles. The molecule has 0 spiro atoms. The van der Waals surface area contributed by atoms with Crippen LogP contribution in [-0.2, 0) is 37.7 Å². The molecule has 0 bridgehead atoms. The van der Waals surface area contributed by atoms with Crippen LogP contribution < -0.4 is 0 Å². The van der Waals surface area contributed by atoms with Gasteiger partial charge in [0, 0.05) is 6.42 Å². The van der Waals surface area contributed by atoms with Gasteiger partial charge >= 0.3 is 17.2 Å². The molecule has 0 fully saturated rings. The second kappa shape index (κ2) is 21.3. The number of rotatable bonds is 16. The van der Waals surface area contributed by atoms with E-state index in [9.17, 15) is 5.11 Å². The maximum atomic E-state index is 15.5. The van der Waals surface area contributed by atoms with Crippen molar-refractivity contribution in [2.75, 3.05) is 6.61 Å². The molecular formula is C54H50O8P2. The summed E-state index contributed by atoms with van der Waals surface area (Å²) in [6, 6.07) is 81.1. The van der Waals surface area contributed by atoms with Crippen molar-refractivity contribution in [3.05, 3.63) is 287 Å². The zero-order chi connectivity index (χ0) is 44.9. The van der Waals surface area contributed by atoms with Crippen molar-refractivity contribution in [1.82, 2.24) is 0 Å². The first kappa shape index (κ1) is 46.3. The zero-order valence-corrected chi connectivity index (χ0v) is 36.7. The van der Waals surface area contributed by atoms with Gasteiger partial charge in [-0.05, 0) is 44.5 Å². The molecule has 2 unspecified atom stereocenters. The van der Waals surface area contributed by atoms with Crippen LogP contribution in [0.4, 0.5) is 0 Å². The number of hydrogen-bond acceptors (Lipinski definition) is 8. The second-order valence-corrected chi connectivity index (χ2v) is 16.9. The number of hydrogen-bond donors (Lipinski definition) is 6. The lowest BCUT2D eigenvalue weighted by Crippen LogP contribution is -2.66. The minimum atomic E-state index is -2.61. The van der Waals surface area contributed by atoms with Crippen LogP contribution in [0.3, 0.4) is 0 Å². The van der Waals surface area contributed by atoms with E-state index in [0.29, 0.717) is 12.0 Å². The van der Waals surface area contributed by atoms with Crippen molar-refractivity contribution < 1.29 is 38.8 Å². The van der Waals surface area contributed by atoms with Gasteiger partial charge in [-0.25, -0.2) is 4.31 Å². The van der Waals surface area contributed by atoms with Crippen LogP contribution in [0, 0.1) is 0 Å². The van der Waals surface area contributed by atoms with Crippen molar-refractivity contribution in [3.8, 4) is 0 Å². The third-order valence-electron chi connectivity index (χ3n) is 11.6. The Labute approximate surface area is 377 Å². The van der Waals surface area contributed by atoms with Crippen LogP contribution in [0.5, 0.6) is 0 Å². The molecular weight excluding hydrogens is 839 g/mol. The maximum absolute atomic E-state index is 15.5. The van der Waals surface area contributed by atoms with Gasteiger partial charge in [0.2, 0.25) is 0 Å². The van der Waals surface area contributed by atoms with Crippen LogP contribution in [0.1, 0.15) is 44.5 Å². The topological polar surface area (TPSA) is 140 Å². The molecule has 324 valence electrons. The standard InChI is InChI=1S/C54H46O3.H4O5P2/c55-42-51(44-27-11-2-12-28-44,41-43-25-9-1-10-26-43)57-53(48-35-19-6-20-36-48,49-37-21-7-22-38-49)54(56,50-39-23-8-24-40-50)52(45-29-13-3-14-30-45,46-31-15-4-16-32-46)47-33-17-5-18-34-47;1-6(2)5-7(3)4/h1-40,55-56H,41-42H2;1-4H. The SMILES string of the molecule is OCC(Cc1ccccc1)(OC(c1ccccc1)(c1ccccc1)C(O)(c1ccccc1)C(c1ccccc1)(c1ccccc1)c1ccccc1)c1ccccc1.OP(O)OP(O)O. The van der Waals surface area contributed by atoms with Gasteiger partial charge in [-0.1, -0.05) is 243 Å². The molecule has 8 nitrogen and oxygen atoms in total. The average molecular weight is 889 g/mol. The Hall–Kier alpha value is -5.70. The first-order chi connectivity index (χ1) is 31.2. The Bertz CT molecular complexity index is 2440. The molecule has 0 radical (unpaired) electrons. The normalized spacial score (nSPS) is 13.6. The van der Waals surface area contributed by atoms with E-state index in [-0.39, 0.29) is 6.61 Å². The quantitative estimate of drug-likeness (QED) is 0.0416. The molecule has 10 heteroatoms. The van der Waals surface area contributed by atoms with E-state index < -0.39 is 39.4 Å². The Morgan fingerprint density at radius 3 is 0.938 bits per heavy atom. The van der Waals surface area contributed by atoms with Gasteiger partial charge in [-0.2, -0.15) is 0 Å². The minimum absolute atomic E-state index is 0.315. The largest absolute Gasteiger partial charge is 0.393 e. The summed E-state index contributed by atoms with van der Waals surface area (Å²) in [7, 11) is -5.22. The lowest BCUT2D eigenvalue weighted by molar-refractivity contribution is -0.261. The van der Waals surface area contributed by atoms with Gasteiger partial charge < -0.3 is 34.5 Å². The maximum Gasteiger partial charge on any atom is 0.334 e. The summed E-state index contributed by atoms with van der Waals surface area (Å²) in [5, 5.41) is 27.7. The van der Waals surface area contributed by atoms with E-state index in [2.05, 4.69) is 52.8 Å². The van der Waals surface area contributed by atoms with Crippen molar-refractivity contribution in [2.24, 2.45) is 0 Å². The van der Waals surface area contributed by atoms with E-state index in [1.165, 1.54) is 0 Å². The number of aliphatic hydroxyl groups excluding tert-OH is 1. The number of aliphatic hydroxyl groups is 2. The highest BCUT2D eigenvalue weighted by Crippen LogP contribution is 2.64. The summed E-state index contributed by atoms with van der Waals surface area (Å²) in [5.74, 6) is 0. The van der Waals surface area contributed by atoms with Gasteiger partial charge in [0.15, 0.2) is 5.60 Å². The Kier molecular flexibility index (Phi) is 15.4. The van der Waals surface area contributed by atoms with Gasteiger partial charge in [0.1, 0.15) is 11.2 Å². The summed E-state index contributed by atoms with van der Waals surface area (Å²) in [6.45, 7) is -0.382. The van der Waals surface area contributed by atoms with E-state index in [4.69, 9.17) is 24.3 Å². The number of ether oxygens (including phenoxy) is 1. The van der Waals surface area contributed by atoms with Gasteiger partial charge in [-0.3, -0.25) is 0 Å². The highest BCUT2D eigenvalue weighted by molar-refractivity contribution is 7.53. The first-order valence-corrected chi connectivity index (χ1v) is 23.0. The fourth-order valence-corrected chi connectivity index (χ4v) is 9.60. The van der Waals surface area contributed by atoms with Gasteiger partial charge in [0.25, 0.3) is 0 Å². The molecule has 0 heterocycles. The summed E-state index contributed by atoms with van der Waals surface area (Å²) < 4.78 is 11.8. The molecule has 64 heavy (non-hydrogen) atoms. The highest BCUT2D eigenvalue weighted by atomic mass is 31.2. The molecule has 0 aliphatic heterocycles. The van der Waals surface area contributed by atoms with Crippen molar-refractivity contribution in [1.29, 1.82) is 0 Å². The monoisotopic (exact) mass is 888 g/mol. The highest BCUT2D eigenvalue weighted by Gasteiger charge is 2.69. The zero-order valence-electron chi connectivity index (χ0n) is 34.9. The minimum Gasteiger partial charge on any atom is -0.393 e. The Morgan fingerprint density at radius 1 is 0.359 bits per heavy atom. The molecule has 2 atom stereocenters. The smallest absolute Gasteiger partial charge is 0.334 e. The lowest BCUT2D eigenvalue weighted by atomic mass is 9.50. The summed E-state index contributed by atoms with van der Waals surface area (Å²) in [5.41, 5.74) is -0.0563. The molecule has 8 aromatic carbocycles. The Morgan fingerprint density at radius 2 is 0.641 bits per heavy atom. The summed E-state index contributed by atoms with van der Waals surface area (Å²) in [4.78, 5) is 31.3.